The first-order valence-electron chi connectivity index (χ1n) is 9.96. The van der Waals surface area contributed by atoms with Crippen molar-refractivity contribution < 1.29 is 8.96 Å². The highest BCUT2D eigenvalue weighted by atomic mass is 31.2. The van der Waals surface area contributed by atoms with Gasteiger partial charge < -0.3 is 0 Å². The Morgan fingerprint density at radius 2 is 1.16 bits per heavy atom. The molecule has 0 spiro atoms. The van der Waals surface area contributed by atoms with Gasteiger partial charge in [0.2, 0.25) is 7.29 Å². The summed E-state index contributed by atoms with van der Waals surface area (Å²) in [5, 5.41) is 4.71. The van der Waals surface area contributed by atoms with Crippen molar-refractivity contribution in [3.63, 3.8) is 0 Å². The fourth-order valence-electron chi connectivity index (χ4n) is 3.28. The lowest BCUT2D eigenvalue weighted by atomic mass is 10.1. The minimum atomic E-state index is -3.23. The van der Waals surface area contributed by atoms with Crippen LogP contribution in [0, 0.1) is 17.7 Å². The van der Waals surface area contributed by atoms with Crippen LogP contribution in [0.15, 0.2) is 115 Å². The molecule has 4 aromatic rings. The fraction of sp³-hybridized carbons (Fsp3) is 0.0370. The standard InChI is InChI=1S/C27H21FNOP/c28-24-19-17-23(18-20-24)27(21-16-22-10-4-1-5-11-22)29-31(30,25-12-6-2-7-13-25)26-14-8-3-9-15-26/h1-15,17-20,27H,(H,29,30)/t27-/m1/s1. The topological polar surface area (TPSA) is 29.1 Å². The van der Waals surface area contributed by atoms with E-state index in [9.17, 15) is 8.96 Å². The van der Waals surface area contributed by atoms with Crippen LogP contribution in [0.5, 0.6) is 0 Å². The Morgan fingerprint density at radius 3 is 1.68 bits per heavy atom. The number of hydrogen-bond donors (Lipinski definition) is 1. The Bertz CT molecular complexity index is 1190. The molecule has 31 heavy (non-hydrogen) atoms. The molecule has 1 N–H and O–H groups in total. The van der Waals surface area contributed by atoms with Crippen molar-refractivity contribution in [1.82, 2.24) is 5.09 Å². The Balaban J connectivity index is 1.80. The molecule has 4 aromatic carbocycles. The largest absolute Gasteiger partial charge is 0.296 e. The van der Waals surface area contributed by atoms with Crippen LogP contribution < -0.4 is 15.7 Å². The van der Waals surface area contributed by atoms with Gasteiger partial charge >= 0.3 is 0 Å². The van der Waals surface area contributed by atoms with Crippen molar-refractivity contribution in [3.8, 4) is 11.8 Å². The summed E-state index contributed by atoms with van der Waals surface area (Å²) in [6.45, 7) is 0. The van der Waals surface area contributed by atoms with E-state index in [1.807, 2.05) is 91.0 Å². The third-order valence-corrected chi connectivity index (χ3v) is 7.56. The van der Waals surface area contributed by atoms with E-state index < -0.39 is 13.3 Å². The summed E-state index contributed by atoms with van der Waals surface area (Å²) in [5.74, 6) is 6.04. The lowest BCUT2D eigenvalue weighted by Gasteiger charge is -2.24. The van der Waals surface area contributed by atoms with Crippen LogP contribution in [-0.2, 0) is 4.57 Å². The number of nitrogens with one attached hydrogen (secondary N) is 1. The molecule has 2 nitrogen and oxygen atoms in total. The zero-order chi connectivity index (χ0) is 21.5. The number of hydrogen-bond acceptors (Lipinski definition) is 1. The summed E-state index contributed by atoms with van der Waals surface area (Å²) < 4.78 is 28.0. The maximum Gasteiger partial charge on any atom is 0.205 e. The van der Waals surface area contributed by atoms with E-state index in [2.05, 4.69) is 16.9 Å². The van der Waals surface area contributed by atoms with Gasteiger partial charge in [0.05, 0.1) is 0 Å². The minimum absolute atomic E-state index is 0.326. The van der Waals surface area contributed by atoms with Crippen LogP contribution >= 0.6 is 7.29 Å². The average Bonchev–Trinajstić information content (AvgIpc) is 2.84. The van der Waals surface area contributed by atoms with Crippen molar-refractivity contribution in [3.05, 3.63) is 132 Å². The highest BCUT2D eigenvalue weighted by molar-refractivity contribution is 7.76. The van der Waals surface area contributed by atoms with Gasteiger partial charge in [0, 0.05) is 16.2 Å². The molecule has 0 aromatic heterocycles. The van der Waals surface area contributed by atoms with Crippen molar-refractivity contribution >= 4 is 17.9 Å². The summed E-state index contributed by atoms with van der Waals surface area (Å²) >= 11 is 0. The second-order valence-electron chi connectivity index (χ2n) is 7.03. The maximum atomic E-state index is 14.4. The normalized spacial score (nSPS) is 11.9. The molecule has 0 saturated carbocycles. The molecule has 0 fully saturated rings. The number of halogens is 1. The van der Waals surface area contributed by atoms with Gasteiger partial charge in [-0.2, -0.15) is 0 Å². The van der Waals surface area contributed by atoms with Crippen molar-refractivity contribution in [2.24, 2.45) is 0 Å². The van der Waals surface area contributed by atoms with E-state index >= 15 is 0 Å². The maximum absolute atomic E-state index is 14.4. The lowest BCUT2D eigenvalue weighted by Crippen LogP contribution is -2.30. The van der Waals surface area contributed by atoms with Gasteiger partial charge in [-0.05, 0) is 54.1 Å². The molecule has 0 saturated heterocycles. The third kappa shape index (κ3) is 5.01. The predicted octanol–water partition coefficient (Wildman–Crippen LogP) is 5.44. The molecule has 4 heteroatoms. The van der Waals surface area contributed by atoms with Crippen molar-refractivity contribution in [2.75, 3.05) is 0 Å². The Kier molecular flexibility index (Phi) is 6.43. The van der Waals surface area contributed by atoms with Crippen molar-refractivity contribution in [2.45, 2.75) is 6.04 Å². The molecule has 4 rings (SSSR count). The van der Waals surface area contributed by atoms with Gasteiger partial charge in [0.1, 0.15) is 11.9 Å². The average molecular weight is 425 g/mol. The van der Waals surface area contributed by atoms with Gasteiger partial charge in [0.15, 0.2) is 0 Å². The third-order valence-electron chi connectivity index (χ3n) is 4.89. The summed E-state index contributed by atoms with van der Waals surface area (Å²) in [6.07, 6.45) is 0. The van der Waals surface area contributed by atoms with Gasteiger partial charge in [0.25, 0.3) is 0 Å². The Morgan fingerprint density at radius 1 is 0.677 bits per heavy atom. The first kappa shape index (κ1) is 20.8. The summed E-state index contributed by atoms with van der Waals surface area (Å²) in [6, 6.07) is 33.9. The molecule has 152 valence electrons. The molecule has 0 amide bonds. The minimum Gasteiger partial charge on any atom is -0.296 e. The number of rotatable bonds is 5. The number of benzene rings is 4. The molecule has 0 aliphatic heterocycles. The SMILES string of the molecule is O=P(N[C@H](C#Cc1ccccc1)c1ccc(F)cc1)(c1ccccc1)c1ccccc1. The van der Waals surface area contributed by atoms with E-state index in [1.165, 1.54) is 12.1 Å². The van der Waals surface area contributed by atoms with Gasteiger partial charge in [-0.1, -0.05) is 78.6 Å². The predicted molar refractivity (Wildman–Crippen MR) is 125 cm³/mol. The van der Waals surface area contributed by atoms with Crippen LogP contribution in [0.1, 0.15) is 17.2 Å². The molecule has 0 bridgehead atoms. The smallest absolute Gasteiger partial charge is 0.205 e. The molecule has 0 aliphatic rings. The lowest BCUT2D eigenvalue weighted by molar-refractivity contribution is 0.574. The summed E-state index contributed by atoms with van der Waals surface area (Å²) in [4.78, 5) is 0. The molecule has 0 aliphatic carbocycles. The van der Waals surface area contributed by atoms with Crippen LogP contribution in [0.3, 0.4) is 0 Å². The first-order valence-corrected chi connectivity index (χ1v) is 11.7. The highest BCUT2D eigenvalue weighted by Gasteiger charge is 2.30. The van der Waals surface area contributed by atoms with Crippen LogP contribution in [0.2, 0.25) is 0 Å². The summed E-state index contributed by atoms with van der Waals surface area (Å²) in [5.41, 5.74) is 1.60. The quantitative estimate of drug-likeness (QED) is 0.341. The van der Waals surface area contributed by atoms with Crippen molar-refractivity contribution in [1.29, 1.82) is 0 Å². The second kappa shape index (κ2) is 9.58. The van der Waals surface area contributed by atoms with Gasteiger partial charge in [-0.15, -0.1) is 0 Å². The molecular weight excluding hydrogens is 404 g/mol. The zero-order valence-electron chi connectivity index (χ0n) is 16.8. The first-order chi connectivity index (χ1) is 15.1. The molecular formula is C27H21FNOP. The zero-order valence-corrected chi connectivity index (χ0v) is 17.7. The Hall–Kier alpha value is -3.44. The highest BCUT2D eigenvalue weighted by Crippen LogP contribution is 2.41. The molecule has 0 radical (unpaired) electrons. The van der Waals surface area contributed by atoms with Crippen LogP contribution in [0.25, 0.3) is 0 Å². The summed E-state index contributed by atoms with van der Waals surface area (Å²) in [7, 11) is -3.23. The van der Waals surface area contributed by atoms with E-state index in [-0.39, 0.29) is 5.82 Å². The van der Waals surface area contributed by atoms with Crippen LogP contribution in [-0.4, -0.2) is 0 Å². The van der Waals surface area contributed by atoms with E-state index in [4.69, 9.17) is 0 Å². The fourth-order valence-corrected chi connectivity index (χ4v) is 5.64. The van der Waals surface area contributed by atoms with E-state index in [0.29, 0.717) is 10.6 Å². The molecule has 1 atom stereocenters. The molecule has 0 heterocycles. The Labute approximate surface area is 182 Å². The van der Waals surface area contributed by atoms with Gasteiger partial charge in [-0.3, -0.25) is 4.57 Å². The second-order valence-corrected chi connectivity index (χ2v) is 9.54. The molecule has 0 unspecified atom stereocenters. The van der Waals surface area contributed by atoms with Crippen LogP contribution in [0.4, 0.5) is 4.39 Å². The van der Waals surface area contributed by atoms with E-state index in [0.717, 1.165) is 11.1 Å². The van der Waals surface area contributed by atoms with Gasteiger partial charge in [-0.25, -0.2) is 9.48 Å². The van der Waals surface area contributed by atoms with E-state index in [1.54, 1.807) is 12.1 Å². The monoisotopic (exact) mass is 425 g/mol.